The fourth-order valence-corrected chi connectivity index (χ4v) is 5.47. The molecule has 3 rings (SSSR count). The van der Waals surface area contributed by atoms with Gasteiger partial charge in [0.05, 0.1) is 0 Å². The summed E-state index contributed by atoms with van der Waals surface area (Å²) in [6.45, 7) is 11.4. The third-order valence-electron chi connectivity index (χ3n) is 6.28. The normalized spacial score (nSPS) is 13.3. The summed E-state index contributed by atoms with van der Waals surface area (Å²) in [6, 6.07) is 11.6. The monoisotopic (exact) mass is 568 g/mol. The van der Waals surface area contributed by atoms with Gasteiger partial charge in [-0.15, -0.1) is 11.6 Å². The fraction of sp³-hybridized carbons (Fsp3) is 0.296. The maximum atomic E-state index is 12.3. The first-order valence-electron chi connectivity index (χ1n) is 12.0. The van der Waals surface area contributed by atoms with Gasteiger partial charge in [0.15, 0.2) is 5.71 Å². The molecule has 0 saturated heterocycles. The fourth-order valence-electron chi connectivity index (χ4n) is 4.35. The first-order chi connectivity index (χ1) is 17.4. The zero-order valence-electron chi connectivity index (χ0n) is 23.3. The zero-order chi connectivity index (χ0) is 27.4. The van der Waals surface area contributed by atoms with Gasteiger partial charge in [-0.1, -0.05) is 12.1 Å². The third kappa shape index (κ3) is 7.32. The van der Waals surface area contributed by atoms with E-state index in [1.807, 2.05) is 76.3 Å². The molecule has 0 amide bonds. The van der Waals surface area contributed by atoms with Gasteiger partial charge in [0.1, 0.15) is 13.1 Å². The molecule has 0 fully saturated rings. The second-order valence-electron chi connectivity index (χ2n) is 8.34. The van der Waals surface area contributed by atoms with Gasteiger partial charge in [-0.05, 0) is 78.5 Å². The van der Waals surface area contributed by atoms with Crippen LogP contribution in [0.25, 0.3) is 5.57 Å². The van der Waals surface area contributed by atoms with E-state index in [0.717, 1.165) is 49.7 Å². The number of nitrogens with zero attached hydrogens (tertiary/aromatic N) is 2. The summed E-state index contributed by atoms with van der Waals surface area (Å²) in [4.78, 5) is 1.03. The van der Waals surface area contributed by atoms with Crippen LogP contribution >= 0.6 is 0 Å². The summed E-state index contributed by atoms with van der Waals surface area (Å²) in [7, 11) is -9.45. The smallest absolute Gasteiger partial charge is 1.00 e. The Bertz CT molecular complexity index is 1490. The van der Waals surface area contributed by atoms with E-state index in [0.29, 0.717) is 16.7 Å². The second-order valence-corrected chi connectivity index (χ2v) is 11.1. The van der Waals surface area contributed by atoms with Crippen molar-refractivity contribution in [1.82, 2.24) is 0 Å². The molecule has 0 saturated carbocycles. The quantitative estimate of drug-likeness (QED) is 0.203. The molecule has 2 N–H and O–H groups in total. The summed E-state index contributed by atoms with van der Waals surface area (Å²) in [5.41, 5.74) is 3.46. The Morgan fingerprint density at radius 2 is 1.45 bits per heavy atom. The molecule has 2 aromatic rings. The van der Waals surface area contributed by atoms with Crippen LogP contribution in [0.2, 0.25) is 0 Å². The maximum Gasteiger partial charge on any atom is 1.00 e. The number of rotatable bonds is 9. The van der Waals surface area contributed by atoms with Gasteiger partial charge in [0.2, 0.25) is 10.1 Å². The molecule has 11 heteroatoms. The number of hydrogen-bond donors (Lipinski definition) is 2. The molecule has 1 aliphatic rings. The molecule has 0 bridgehead atoms. The average molecular weight is 569 g/mol. The standard InChI is InChI=1S/C27H32N2O6S2.Na.H/c1-5-28(6-2)22-13-9-20(10-14-22)27(21-11-15-23(16-12-21)29(7-3)8-4)25-19-24(36(30,31)32)17-18-26(25)37(33,34)35;;/h9-16,18-19H,5-8H2,1-4H3,(H,30,31,32)(H,33,34,35);;/q;+1;-1. The Kier molecular flexibility index (Phi) is 11.3. The van der Waals surface area contributed by atoms with E-state index in [2.05, 4.69) is 15.5 Å². The SMILES string of the molecule is CCN(CC)c1ccc(C(=C2C=CC(=[N+](CC)CC)C=C2)c2cc(S(=O)(=O)O)[c-]cc2S(=O)(=O)O)cc1.[H-].[Na+]. The Hall–Kier alpha value is -2.05. The number of anilines is 1. The van der Waals surface area contributed by atoms with E-state index in [-0.39, 0.29) is 36.5 Å². The Balaban J connectivity index is 0.00000380. The van der Waals surface area contributed by atoms with Crippen molar-refractivity contribution in [2.75, 3.05) is 31.1 Å². The van der Waals surface area contributed by atoms with Crippen molar-refractivity contribution in [3.63, 3.8) is 0 Å². The van der Waals surface area contributed by atoms with Crippen molar-refractivity contribution < 1.29 is 61.5 Å². The second kappa shape index (κ2) is 13.3. The molecular formula is C27H33N2NaO6S2. The van der Waals surface area contributed by atoms with Gasteiger partial charge in [-0.3, -0.25) is 9.11 Å². The van der Waals surface area contributed by atoms with Crippen LogP contribution in [0.4, 0.5) is 5.69 Å². The Labute approximate surface area is 249 Å². The van der Waals surface area contributed by atoms with Crippen molar-refractivity contribution in [1.29, 1.82) is 0 Å². The van der Waals surface area contributed by atoms with Crippen LogP contribution in [0.1, 0.15) is 40.2 Å². The first-order valence-corrected chi connectivity index (χ1v) is 14.9. The van der Waals surface area contributed by atoms with Gasteiger partial charge < -0.3 is 6.33 Å². The van der Waals surface area contributed by atoms with Crippen molar-refractivity contribution in [2.45, 2.75) is 37.5 Å². The molecule has 0 aromatic heterocycles. The van der Waals surface area contributed by atoms with Gasteiger partial charge >= 0.3 is 29.6 Å². The van der Waals surface area contributed by atoms with Gasteiger partial charge in [0, 0.05) is 30.9 Å². The number of benzene rings is 2. The molecule has 0 radical (unpaired) electrons. The van der Waals surface area contributed by atoms with E-state index < -0.39 is 30.0 Å². The zero-order valence-corrected chi connectivity index (χ0v) is 26.0. The van der Waals surface area contributed by atoms with Crippen LogP contribution in [0.5, 0.6) is 0 Å². The molecule has 8 nitrogen and oxygen atoms in total. The number of allylic oxidation sites excluding steroid dienone is 5. The minimum Gasteiger partial charge on any atom is -1.00 e. The largest absolute Gasteiger partial charge is 1.00 e. The van der Waals surface area contributed by atoms with Crippen molar-refractivity contribution in [2.24, 2.45) is 0 Å². The summed E-state index contributed by atoms with van der Waals surface area (Å²) < 4.78 is 70.2. The van der Waals surface area contributed by atoms with Gasteiger partial charge in [-0.25, -0.2) is 13.0 Å². The molecule has 2 aromatic carbocycles. The van der Waals surface area contributed by atoms with E-state index in [1.165, 1.54) is 0 Å². The van der Waals surface area contributed by atoms with E-state index in [9.17, 15) is 25.9 Å². The van der Waals surface area contributed by atoms with Crippen LogP contribution in [0, 0.1) is 6.07 Å². The topological polar surface area (TPSA) is 115 Å². The summed E-state index contributed by atoms with van der Waals surface area (Å²) >= 11 is 0. The Morgan fingerprint density at radius 1 is 0.895 bits per heavy atom. The van der Waals surface area contributed by atoms with E-state index >= 15 is 0 Å². The predicted octanol–water partition coefficient (Wildman–Crippen LogP) is 1.36. The molecule has 0 spiro atoms. The molecule has 0 heterocycles. The first kappa shape index (κ1) is 32.2. The van der Waals surface area contributed by atoms with Gasteiger partial charge in [0.25, 0.3) is 10.1 Å². The Morgan fingerprint density at radius 3 is 1.89 bits per heavy atom. The molecule has 0 aliphatic heterocycles. The maximum absolute atomic E-state index is 12.3. The minimum absolute atomic E-state index is 0. The van der Waals surface area contributed by atoms with Crippen LogP contribution in [-0.2, 0) is 20.2 Å². The van der Waals surface area contributed by atoms with Crippen molar-refractivity contribution in [3.05, 3.63) is 83.5 Å². The summed E-state index contributed by atoms with van der Waals surface area (Å²) in [5, 5.41) is 0. The minimum atomic E-state index is -4.76. The summed E-state index contributed by atoms with van der Waals surface area (Å²) in [6.07, 6.45) is 7.44. The van der Waals surface area contributed by atoms with E-state index in [4.69, 9.17) is 0 Å². The molecule has 0 unspecified atom stereocenters. The van der Waals surface area contributed by atoms with Crippen molar-refractivity contribution in [3.8, 4) is 0 Å². The van der Waals surface area contributed by atoms with Crippen LogP contribution in [-0.4, -0.2) is 62.4 Å². The molecule has 1 aliphatic carbocycles. The summed E-state index contributed by atoms with van der Waals surface area (Å²) in [5.74, 6) is 0. The van der Waals surface area contributed by atoms with Crippen LogP contribution in [0.15, 0.2) is 76.1 Å². The van der Waals surface area contributed by atoms with Crippen molar-refractivity contribution >= 4 is 37.2 Å². The number of hydrogen-bond acceptors (Lipinski definition) is 5. The molecule has 200 valence electrons. The van der Waals surface area contributed by atoms with Gasteiger partial charge in [-0.2, -0.15) is 20.6 Å². The molecule has 38 heavy (non-hydrogen) atoms. The average Bonchev–Trinajstić information content (AvgIpc) is 2.86. The van der Waals surface area contributed by atoms with Crippen LogP contribution < -0.4 is 34.5 Å². The van der Waals surface area contributed by atoms with Crippen LogP contribution in [0.3, 0.4) is 0 Å². The predicted molar refractivity (Wildman–Crippen MR) is 147 cm³/mol. The van der Waals surface area contributed by atoms with E-state index in [1.54, 1.807) is 0 Å². The molecular weight excluding hydrogens is 535 g/mol. The third-order valence-corrected chi connectivity index (χ3v) is 7.97. The molecule has 0 atom stereocenters.